The van der Waals surface area contributed by atoms with Crippen molar-refractivity contribution < 1.29 is 5.11 Å². The lowest BCUT2D eigenvalue weighted by Gasteiger charge is -2.08. The Kier molecular flexibility index (Phi) is 5.42. The Morgan fingerprint density at radius 1 is 0.833 bits per heavy atom. The molecule has 0 spiro atoms. The van der Waals surface area contributed by atoms with Crippen molar-refractivity contribution >= 4 is 0 Å². The minimum absolute atomic E-state index is 0.0284. The van der Waals surface area contributed by atoms with E-state index in [1.165, 1.54) is 38.5 Å². The van der Waals surface area contributed by atoms with Gasteiger partial charge in [-0.1, -0.05) is 38.5 Å². The monoisotopic (exact) mass is 169 g/mol. The smallest absolute Gasteiger partial charge is 0.0540 e. The molecule has 71 valence electrons. The van der Waals surface area contributed by atoms with Gasteiger partial charge >= 0.3 is 0 Å². The van der Waals surface area contributed by atoms with Crippen LogP contribution in [0.25, 0.3) is 0 Å². The van der Waals surface area contributed by atoms with Gasteiger partial charge in [0, 0.05) is 0 Å². The first-order valence-corrected chi connectivity index (χ1v) is 5.39. The molecule has 0 bridgehead atoms. The molecule has 0 aromatic rings. The van der Waals surface area contributed by atoms with Crippen LogP contribution in [0.15, 0.2) is 0 Å². The average Bonchev–Trinajstić information content (AvgIpc) is 2.11. The molecule has 1 aliphatic carbocycles. The van der Waals surface area contributed by atoms with Crippen molar-refractivity contribution in [3.05, 3.63) is 6.42 Å². The van der Waals surface area contributed by atoms with Gasteiger partial charge in [-0.15, -0.1) is 0 Å². The molecule has 1 N–H and O–H groups in total. The van der Waals surface area contributed by atoms with Crippen molar-refractivity contribution in [3.63, 3.8) is 0 Å². The molecule has 1 aliphatic rings. The zero-order valence-corrected chi connectivity index (χ0v) is 7.97. The molecule has 1 atom stereocenters. The highest BCUT2D eigenvalue weighted by Crippen LogP contribution is 2.15. The van der Waals surface area contributed by atoms with E-state index < -0.39 is 0 Å². The summed E-state index contributed by atoms with van der Waals surface area (Å²) in [5.41, 5.74) is 0. The summed E-state index contributed by atoms with van der Waals surface area (Å²) < 4.78 is 0. The van der Waals surface area contributed by atoms with Crippen LogP contribution < -0.4 is 0 Å². The second-order valence-electron chi connectivity index (χ2n) is 3.86. The fourth-order valence-electron chi connectivity index (χ4n) is 1.80. The first-order valence-electron chi connectivity index (χ1n) is 5.39. The predicted molar refractivity (Wildman–Crippen MR) is 51.9 cm³/mol. The fourth-order valence-corrected chi connectivity index (χ4v) is 1.80. The molecule has 1 heteroatoms. The quantitative estimate of drug-likeness (QED) is 0.591. The lowest BCUT2D eigenvalue weighted by Crippen LogP contribution is -2.05. The third-order valence-electron chi connectivity index (χ3n) is 2.65. The van der Waals surface area contributed by atoms with Gasteiger partial charge in [-0.25, -0.2) is 0 Å². The van der Waals surface area contributed by atoms with Crippen molar-refractivity contribution in [1.82, 2.24) is 0 Å². The highest BCUT2D eigenvalue weighted by atomic mass is 16.3. The summed E-state index contributed by atoms with van der Waals surface area (Å²) in [6, 6.07) is 0. The van der Waals surface area contributed by atoms with Gasteiger partial charge in [0.2, 0.25) is 0 Å². The van der Waals surface area contributed by atoms with Crippen molar-refractivity contribution in [2.45, 2.75) is 63.9 Å². The highest BCUT2D eigenvalue weighted by Gasteiger charge is 2.04. The molecule has 1 nitrogen and oxygen atoms in total. The van der Waals surface area contributed by atoms with E-state index in [9.17, 15) is 5.11 Å². The fraction of sp³-hybridized carbons (Fsp3) is 0.909. The number of rotatable bonds is 0. The van der Waals surface area contributed by atoms with Crippen LogP contribution in [-0.2, 0) is 0 Å². The van der Waals surface area contributed by atoms with Crippen LogP contribution in [0.5, 0.6) is 0 Å². The van der Waals surface area contributed by atoms with Crippen molar-refractivity contribution in [1.29, 1.82) is 0 Å². The second kappa shape index (κ2) is 6.47. The van der Waals surface area contributed by atoms with E-state index in [4.69, 9.17) is 0 Å². The topological polar surface area (TPSA) is 20.2 Å². The molecule has 0 aromatic carbocycles. The molecule has 0 saturated heterocycles. The summed E-state index contributed by atoms with van der Waals surface area (Å²) in [5, 5.41) is 9.50. The van der Waals surface area contributed by atoms with E-state index in [1.807, 2.05) is 0 Å². The van der Waals surface area contributed by atoms with Crippen LogP contribution in [0.4, 0.5) is 0 Å². The maximum atomic E-state index is 9.50. The van der Waals surface area contributed by atoms with Gasteiger partial charge in [0.15, 0.2) is 0 Å². The van der Waals surface area contributed by atoms with Crippen molar-refractivity contribution in [3.8, 4) is 0 Å². The average molecular weight is 169 g/mol. The third-order valence-corrected chi connectivity index (χ3v) is 2.65. The van der Waals surface area contributed by atoms with Crippen LogP contribution in [0, 0.1) is 6.42 Å². The Labute approximate surface area is 76.2 Å². The van der Waals surface area contributed by atoms with E-state index in [-0.39, 0.29) is 6.10 Å². The maximum absolute atomic E-state index is 9.50. The first-order chi connectivity index (χ1) is 5.89. The lowest BCUT2D eigenvalue weighted by atomic mass is 10.1. The van der Waals surface area contributed by atoms with Crippen LogP contribution >= 0.6 is 0 Å². The summed E-state index contributed by atoms with van der Waals surface area (Å²) in [4.78, 5) is 0. The summed E-state index contributed by atoms with van der Waals surface area (Å²) in [7, 11) is 0. The molecule has 1 unspecified atom stereocenters. The molecule has 1 saturated carbocycles. The Bertz CT molecular complexity index is 89.2. The molecule has 1 radical (unpaired) electrons. The predicted octanol–water partition coefficient (Wildman–Crippen LogP) is 3.08. The Morgan fingerprint density at radius 2 is 1.58 bits per heavy atom. The Balaban J connectivity index is 2.13. The van der Waals surface area contributed by atoms with Crippen LogP contribution in [-0.4, -0.2) is 11.2 Å². The minimum atomic E-state index is -0.0284. The van der Waals surface area contributed by atoms with E-state index in [0.29, 0.717) is 0 Å². The van der Waals surface area contributed by atoms with E-state index in [0.717, 1.165) is 19.3 Å². The highest BCUT2D eigenvalue weighted by molar-refractivity contribution is 4.69. The van der Waals surface area contributed by atoms with Gasteiger partial charge in [0.25, 0.3) is 0 Å². The van der Waals surface area contributed by atoms with E-state index >= 15 is 0 Å². The molecule has 0 amide bonds. The number of aliphatic hydroxyl groups excluding tert-OH is 1. The number of hydrogen-bond donors (Lipinski definition) is 1. The van der Waals surface area contributed by atoms with Crippen LogP contribution in [0.2, 0.25) is 0 Å². The van der Waals surface area contributed by atoms with Crippen molar-refractivity contribution in [2.24, 2.45) is 0 Å². The molecular weight excluding hydrogens is 148 g/mol. The number of hydrogen-bond acceptors (Lipinski definition) is 1. The van der Waals surface area contributed by atoms with Gasteiger partial charge in [-0.2, -0.15) is 0 Å². The van der Waals surface area contributed by atoms with Gasteiger partial charge in [0.05, 0.1) is 6.10 Å². The van der Waals surface area contributed by atoms with Gasteiger partial charge in [0.1, 0.15) is 0 Å². The lowest BCUT2D eigenvalue weighted by molar-refractivity contribution is 0.151. The summed E-state index contributed by atoms with van der Waals surface area (Å²) in [5.74, 6) is 0. The third kappa shape index (κ3) is 4.76. The molecule has 0 aliphatic heterocycles. The second-order valence-corrected chi connectivity index (χ2v) is 3.86. The van der Waals surface area contributed by atoms with Gasteiger partial charge < -0.3 is 5.11 Å². The molecule has 0 heterocycles. The zero-order valence-electron chi connectivity index (χ0n) is 7.97. The number of aliphatic hydroxyl groups is 1. The maximum Gasteiger partial charge on any atom is 0.0540 e. The summed E-state index contributed by atoms with van der Waals surface area (Å²) in [6.07, 6.45) is 13.3. The molecular formula is C11H21O. The first kappa shape index (κ1) is 10.0. The summed E-state index contributed by atoms with van der Waals surface area (Å²) in [6.45, 7) is 0. The summed E-state index contributed by atoms with van der Waals surface area (Å²) >= 11 is 0. The largest absolute Gasteiger partial charge is 0.393 e. The Morgan fingerprint density at radius 3 is 2.50 bits per heavy atom. The van der Waals surface area contributed by atoms with Crippen molar-refractivity contribution in [2.75, 3.05) is 0 Å². The standard InChI is InChI=1S/C11H21O/c12-11-9-7-5-3-1-2-4-6-8-10-11/h5,11-12H,1-4,6-10H2. The van der Waals surface area contributed by atoms with Gasteiger partial charge in [-0.3, -0.25) is 0 Å². The van der Waals surface area contributed by atoms with Gasteiger partial charge in [-0.05, 0) is 25.7 Å². The van der Waals surface area contributed by atoms with E-state index in [2.05, 4.69) is 6.42 Å². The SMILES string of the molecule is OC1CC[CH]CCCCCCC1. The zero-order chi connectivity index (χ0) is 8.65. The molecule has 1 rings (SSSR count). The van der Waals surface area contributed by atoms with Crippen LogP contribution in [0.3, 0.4) is 0 Å². The molecule has 1 fully saturated rings. The Hall–Kier alpha value is -0.0400. The normalized spacial score (nSPS) is 24.8. The van der Waals surface area contributed by atoms with E-state index in [1.54, 1.807) is 0 Å². The van der Waals surface area contributed by atoms with Crippen LogP contribution in [0.1, 0.15) is 57.8 Å². The molecule has 0 aromatic heterocycles. The molecule has 12 heavy (non-hydrogen) atoms. The minimum Gasteiger partial charge on any atom is -0.393 e.